The predicted molar refractivity (Wildman–Crippen MR) is 115 cm³/mol. The van der Waals surface area contributed by atoms with E-state index in [9.17, 15) is 13.6 Å². The molecule has 2 aromatic carbocycles. The third-order valence-corrected chi connectivity index (χ3v) is 6.69. The molecule has 160 valence electrons. The number of unbranched alkanes of at least 4 members (excludes halogenated alkanes) is 1. The lowest BCUT2D eigenvalue weighted by molar-refractivity contribution is 0.0971. The molecule has 2 heterocycles. The molecular formula is C23H26ClF2N3O. The molecule has 7 heteroatoms. The van der Waals surface area contributed by atoms with Gasteiger partial charge in [0.2, 0.25) is 0 Å². The third kappa shape index (κ3) is 3.84. The number of benzene rings is 2. The number of halogens is 3. The summed E-state index contributed by atoms with van der Waals surface area (Å²) < 4.78 is 28.0. The molecule has 0 atom stereocenters. The van der Waals surface area contributed by atoms with Gasteiger partial charge in [-0.3, -0.25) is 4.79 Å². The number of carbonyl (C=O) groups is 1. The predicted octanol–water partition coefficient (Wildman–Crippen LogP) is 4.35. The first-order valence-corrected chi connectivity index (χ1v) is 10.8. The summed E-state index contributed by atoms with van der Waals surface area (Å²) in [5.74, 6) is -2.64. The van der Waals surface area contributed by atoms with Crippen molar-refractivity contribution in [2.75, 3.05) is 37.6 Å². The SMILES string of the molecule is NCCCCN1CCC2(CC1)CN(C(=O)c1cccc(F)c1F)c1ccc(Cl)cc12. The standard InChI is InChI=1S/C23H26ClF2N3O/c24-16-6-7-20-18(14-16)23(8-12-28(13-9-23)11-2-1-10-27)15-29(20)22(30)17-4-3-5-19(25)21(17)26/h3-7,14H,1-2,8-13,15,27H2. The van der Waals surface area contributed by atoms with Crippen molar-refractivity contribution in [3.63, 3.8) is 0 Å². The van der Waals surface area contributed by atoms with Crippen LogP contribution in [-0.2, 0) is 5.41 Å². The van der Waals surface area contributed by atoms with Gasteiger partial charge in [-0.2, -0.15) is 0 Å². The van der Waals surface area contributed by atoms with Crippen molar-refractivity contribution in [3.8, 4) is 0 Å². The van der Waals surface area contributed by atoms with Crippen LogP contribution in [0.5, 0.6) is 0 Å². The van der Waals surface area contributed by atoms with Gasteiger partial charge in [0.1, 0.15) is 0 Å². The van der Waals surface area contributed by atoms with Crippen molar-refractivity contribution in [2.24, 2.45) is 5.73 Å². The number of piperidine rings is 1. The molecular weight excluding hydrogens is 408 g/mol. The van der Waals surface area contributed by atoms with Gasteiger partial charge in [-0.15, -0.1) is 0 Å². The molecule has 2 aliphatic rings. The van der Waals surface area contributed by atoms with Crippen LogP contribution in [0.4, 0.5) is 14.5 Å². The summed E-state index contributed by atoms with van der Waals surface area (Å²) in [6.45, 7) is 4.03. The zero-order valence-corrected chi connectivity index (χ0v) is 17.6. The number of hydrogen-bond donors (Lipinski definition) is 1. The maximum Gasteiger partial charge on any atom is 0.261 e. The van der Waals surface area contributed by atoms with Gasteiger partial charge in [-0.25, -0.2) is 8.78 Å². The lowest BCUT2D eigenvalue weighted by Gasteiger charge is -2.40. The van der Waals surface area contributed by atoms with Crippen molar-refractivity contribution in [2.45, 2.75) is 31.1 Å². The van der Waals surface area contributed by atoms with Crippen LogP contribution in [0.3, 0.4) is 0 Å². The highest BCUT2D eigenvalue weighted by Crippen LogP contribution is 2.48. The van der Waals surface area contributed by atoms with Gasteiger partial charge in [-0.05, 0) is 87.8 Å². The highest BCUT2D eigenvalue weighted by molar-refractivity contribution is 6.30. The normalized spacial score (nSPS) is 18.1. The quantitative estimate of drug-likeness (QED) is 0.713. The fourth-order valence-corrected chi connectivity index (χ4v) is 4.92. The average Bonchev–Trinajstić information content (AvgIpc) is 3.05. The van der Waals surface area contributed by atoms with Gasteiger partial charge < -0.3 is 15.5 Å². The summed E-state index contributed by atoms with van der Waals surface area (Å²) in [7, 11) is 0. The fraction of sp³-hybridized carbons (Fsp3) is 0.435. The van der Waals surface area contributed by atoms with E-state index in [1.165, 1.54) is 12.1 Å². The molecule has 0 unspecified atom stereocenters. The molecule has 1 spiro atoms. The Morgan fingerprint density at radius 1 is 1.13 bits per heavy atom. The second-order valence-electron chi connectivity index (χ2n) is 8.27. The van der Waals surface area contributed by atoms with E-state index in [1.54, 1.807) is 11.0 Å². The minimum atomic E-state index is -1.10. The Morgan fingerprint density at radius 2 is 1.90 bits per heavy atom. The van der Waals surface area contributed by atoms with Crippen LogP contribution in [0.1, 0.15) is 41.6 Å². The number of fused-ring (bicyclic) bond motifs is 2. The topological polar surface area (TPSA) is 49.6 Å². The third-order valence-electron chi connectivity index (χ3n) is 6.45. The molecule has 0 aromatic heterocycles. The Hall–Kier alpha value is -2.02. The molecule has 4 nitrogen and oxygen atoms in total. The number of carbonyl (C=O) groups excluding carboxylic acids is 1. The highest BCUT2D eigenvalue weighted by atomic mass is 35.5. The molecule has 4 rings (SSSR count). The zero-order chi connectivity index (χ0) is 21.3. The molecule has 0 aliphatic carbocycles. The maximum absolute atomic E-state index is 14.3. The molecule has 0 saturated carbocycles. The van der Waals surface area contributed by atoms with Crippen molar-refractivity contribution in [1.29, 1.82) is 0 Å². The van der Waals surface area contributed by atoms with E-state index in [2.05, 4.69) is 4.90 Å². The summed E-state index contributed by atoms with van der Waals surface area (Å²) in [5.41, 5.74) is 6.91. The summed E-state index contributed by atoms with van der Waals surface area (Å²) in [5, 5.41) is 0.615. The van der Waals surface area contributed by atoms with Crippen LogP contribution in [0, 0.1) is 11.6 Å². The lowest BCUT2D eigenvalue weighted by atomic mass is 9.74. The number of nitrogens with two attached hydrogens (primary N) is 1. The summed E-state index contributed by atoms with van der Waals surface area (Å²) >= 11 is 6.29. The molecule has 1 amide bonds. The second kappa shape index (κ2) is 8.61. The van der Waals surface area contributed by atoms with Crippen LogP contribution < -0.4 is 10.6 Å². The van der Waals surface area contributed by atoms with Gasteiger partial charge in [-0.1, -0.05) is 17.7 Å². The molecule has 0 bridgehead atoms. The largest absolute Gasteiger partial charge is 0.330 e. The van der Waals surface area contributed by atoms with E-state index in [-0.39, 0.29) is 11.0 Å². The van der Waals surface area contributed by atoms with Crippen LogP contribution in [-0.4, -0.2) is 43.5 Å². The van der Waals surface area contributed by atoms with Crippen molar-refractivity contribution >= 4 is 23.2 Å². The van der Waals surface area contributed by atoms with E-state index >= 15 is 0 Å². The van der Waals surface area contributed by atoms with Crippen molar-refractivity contribution < 1.29 is 13.6 Å². The first-order valence-electron chi connectivity index (χ1n) is 10.4. The van der Waals surface area contributed by atoms with Crippen LogP contribution >= 0.6 is 11.6 Å². The average molecular weight is 434 g/mol. The molecule has 30 heavy (non-hydrogen) atoms. The van der Waals surface area contributed by atoms with Gasteiger partial charge in [0.15, 0.2) is 11.6 Å². The summed E-state index contributed by atoms with van der Waals surface area (Å²) in [4.78, 5) is 17.2. The van der Waals surface area contributed by atoms with Gasteiger partial charge >= 0.3 is 0 Å². The van der Waals surface area contributed by atoms with Gasteiger partial charge in [0.05, 0.1) is 5.56 Å². The maximum atomic E-state index is 14.3. The molecule has 2 N–H and O–H groups in total. The number of likely N-dealkylation sites (tertiary alicyclic amines) is 1. The first kappa shape index (κ1) is 21.2. The van der Waals surface area contributed by atoms with Gasteiger partial charge in [0, 0.05) is 22.7 Å². The molecule has 1 saturated heterocycles. The minimum Gasteiger partial charge on any atom is -0.330 e. The minimum absolute atomic E-state index is 0.218. The number of amides is 1. The molecule has 2 aliphatic heterocycles. The highest BCUT2D eigenvalue weighted by Gasteiger charge is 2.46. The Labute approximate surface area is 180 Å². The van der Waals surface area contributed by atoms with E-state index in [1.807, 2.05) is 12.1 Å². The van der Waals surface area contributed by atoms with E-state index in [4.69, 9.17) is 17.3 Å². The van der Waals surface area contributed by atoms with E-state index < -0.39 is 17.5 Å². The number of rotatable bonds is 5. The summed E-state index contributed by atoms with van der Waals surface area (Å²) in [6, 6.07) is 9.20. The number of anilines is 1. The van der Waals surface area contributed by atoms with E-state index in [0.717, 1.165) is 62.6 Å². The Balaban J connectivity index is 1.61. The van der Waals surface area contributed by atoms with Crippen LogP contribution in [0.25, 0.3) is 0 Å². The van der Waals surface area contributed by atoms with E-state index in [0.29, 0.717) is 18.1 Å². The van der Waals surface area contributed by atoms with Crippen molar-refractivity contribution in [1.82, 2.24) is 4.90 Å². The Morgan fingerprint density at radius 3 is 2.63 bits per heavy atom. The number of nitrogens with zero attached hydrogens (tertiary/aromatic N) is 2. The molecule has 0 radical (unpaired) electrons. The first-order chi connectivity index (χ1) is 14.4. The van der Waals surface area contributed by atoms with Crippen LogP contribution in [0.15, 0.2) is 36.4 Å². The smallest absolute Gasteiger partial charge is 0.261 e. The van der Waals surface area contributed by atoms with Gasteiger partial charge in [0.25, 0.3) is 5.91 Å². The fourth-order valence-electron chi connectivity index (χ4n) is 4.75. The van der Waals surface area contributed by atoms with Crippen LogP contribution in [0.2, 0.25) is 5.02 Å². The summed E-state index contributed by atoms with van der Waals surface area (Å²) in [6.07, 6.45) is 3.87. The number of hydrogen-bond acceptors (Lipinski definition) is 3. The Bertz CT molecular complexity index is 944. The zero-order valence-electron chi connectivity index (χ0n) is 16.8. The van der Waals surface area contributed by atoms with Crippen molar-refractivity contribution in [3.05, 3.63) is 64.2 Å². The monoisotopic (exact) mass is 433 g/mol. The second-order valence-corrected chi connectivity index (χ2v) is 8.71. The lowest BCUT2D eigenvalue weighted by Crippen LogP contribution is -2.46. The molecule has 1 fully saturated rings. The molecule has 2 aromatic rings. The Kier molecular flexibility index (Phi) is 6.09.